The molecule has 0 aliphatic heterocycles. The Kier molecular flexibility index (Phi) is 7.38. The largest absolute Gasteiger partial charge is 0.381 e. The Morgan fingerprint density at radius 1 is 1.12 bits per heavy atom. The van der Waals surface area contributed by atoms with Gasteiger partial charge in [0.05, 0.1) is 27.7 Å². The molecule has 1 amide bonds. The third-order valence-electron chi connectivity index (χ3n) is 5.74. The van der Waals surface area contributed by atoms with E-state index in [0.29, 0.717) is 23.7 Å². The third kappa shape index (κ3) is 5.17. The predicted molar refractivity (Wildman–Crippen MR) is 130 cm³/mol. The van der Waals surface area contributed by atoms with Crippen molar-refractivity contribution in [3.05, 3.63) is 47.8 Å². The molecule has 0 spiro atoms. The number of aromatic nitrogens is 3. The van der Waals surface area contributed by atoms with Gasteiger partial charge in [-0.25, -0.2) is 22.4 Å². The summed E-state index contributed by atoms with van der Waals surface area (Å²) in [6.45, 7) is 9.24. The molecule has 178 valence electrons. The summed E-state index contributed by atoms with van der Waals surface area (Å²) < 4.78 is 27.4. The zero-order chi connectivity index (χ0) is 24.3. The first-order valence-electron chi connectivity index (χ1n) is 11.0. The van der Waals surface area contributed by atoms with E-state index in [2.05, 4.69) is 41.5 Å². The maximum atomic E-state index is 13.1. The van der Waals surface area contributed by atoms with Crippen LogP contribution >= 0.6 is 0 Å². The van der Waals surface area contributed by atoms with Gasteiger partial charge in [0.1, 0.15) is 0 Å². The van der Waals surface area contributed by atoms with Crippen LogP contribution in [0.1, 0.15) is 43.6 Å². The van der Waals surface area contributed by atoms with Gasteiger partial charge in [0.25, 0.3) is 5.91 Å². The molecule has 0 saturated heterocycles. The number of amides is 1. The molecular formula is C23H32N6O3S. The summed E-state index contributed by atoms with van der Waals surface area (Å²) >= 11 is 0. The monoisotopic (exact) mass is 472 g/mol. The molecule has 0 radical (unpaired) electrons. The maximum Gasteiger partial charge on any atom is 0.255 e. The second-order valence-corrected chi connectivity index (χ2v) is 10.7. The Labute approximate surface area is 195 Å². The Morgan fingerprint density at radius 3 is 2.36 bits per heavy atom. The molecule has 3 aromatic rings. The number of carbonyl (C=O) groups excluding carboxylic acids is 1. The lowest BCUT2D eigenvalue weighted by Crippen LogP contribution is -2.27. The van der Waals surface area contributed by atoms with Gasteiger partial charge in [-0.3, -0.25) is 4.79 Å². The van der Waals surface area contributed by atoms with Crippen LogP contribution in [0.5, 0.6) is 0 Å². The minimum Gasteiger partial charge on any atom is -0.381 e. The van der Waals surface area contributed by atoms with E-state index >= 15 is 0 Å². The van der Waals surface area contributed by atoms with E-state index in [1.165, 1.54) is 18.4 Å². The Morgan fingerprint density at radius 2 is 1.79 bits per heavy atom. The SMILES string of the molecule is CCn1ncc2c(N[C@@H](C)C(C)C)c(C(=O)NCc3ccc(S(=O)(=O)N(C)C)cc3)cnc21. The summed E-state index contributed by atoms with van der Waals surface area (Å²) in [5.74, 6) is 0.0967. The van der Waals surface area contributed by atoms with E-state index in [9.17, 15) is 13.2 Å². The number of fused-ring (bicyclic) bond motifs is 1. The van der Waals surface area contributed by atoms with E-state index in [1.54, 1.807) is 41.3 Å². The van der Waals surface area contributed by atoms with Gasteiger partial charge in [-0.05, 0) is 37.5 Å². The second kappa shape index (κ2) is 9.88. The highest BCUT2D eigenvalue weighted by atomic mass is 32.2. The molecule has 2 heterocycles. The summed E-state index contributed by atoms with van der Waals surface area (Å²) in [6, 6.07) is 6.62. The Balaban J connectivity index is 1.84. The molecule has 0 bridgehead atoms. The van der Waals surface area contributed by atoms with Crippen molar-refractivity contribution in [2.24, 2.45) is 5.92 Å². The van der Waals surface area contributed by atoms with Crippen molar-refractivity contribution in [2.45, 2.75) is 51.7 Å². The zero-order valence-corrected chi connectivity index (χ0v) is 20.8. The number of anilines is 1. The van der Waals surface area contributed by atoms with E-state index < -0.39 is 10.0 Å². The van der Waals surface area contributed by atoms with Gasteiger partial charge in [-0.15, -0.1) is 0 Å². The Bertz CT molecular complexity index is 1230. The molecule has 33 heavy (non-hydrogen) atoms. The van der Waals surface area contributed by atoms with Crippen LogP contribution < -0.4 is 10.6 Å². The number of nitrogens with zero attached hydrogens (tertiary/aromatic N) is 4. The van der Waals surface area contributed by atoms with Crippen LogP contribution in [0, 0.1) is 5.92 Å². The third-order valence-corrected chi connectivity index (χ3v) is 7.57. The molecule has 0 aliphatic rings. The predicted octanol–water partition coefficient (Wildman–Crippen LogP) is 3.09. The minimum atomic E-state index is -3.49. The van der Waals surface area contributed by atoms with Gasteiger partial charge in [-0.2, -0.15) is 5.10 Å². The number of pyridine rings is 1. The number of benzene rings is 1. The fourth-order valence-corrected chi connectivity index (χ4v) is 4.15. The lowest BCUT2D eigenvalue weighted by Gasteiger charge is -2.21. The highest BCUT2D eigenvalue weighted by Gasteiger charge is 2.21. The zero-order valence-electron chi connectivity index (χ0n) is 20.0. The smallest absolute Gasteiger partial charge is 0.255 e. The molecule has 0 fully saturated rings. The fraction of sp³-hybridized carbons (Fsp3) is 0.435. The highest BCUT2D eigenvalue weighted by Crippen LogP contribution is 2.28. The number of sulfonamides is 1. The summed E-state index contributed by atoms with van der Waals surface area (Å²) in [5, 5.41) is 11.6. The molecule has 0 saturated carbocycles. The van der Waals surface area contributed by atoms with Crippen molar-refractivity contribution in [1.29, 1.82) is 0 Å². The standard InChI is InChI=1S/C23H32N6O3S/c1-7-29-22-19(14-26-29)21(27-16(4)15(2)3)20(13-24-22)23(30)25-12-17-8-10-18(11-9-17)33(31,32)28(5)6/h8-11,13-16H,7,12H2,1-6H3,(H,24,27)(H,25,30)/t16-/m0/s1. The van der Waals surface area contributed by atoms with Crippen LogP contribution in [0.4, 0.5) is 5.69 Å². The fourth-order valence-electron chi connectivity index (χ4n) is 3.25. The first-order chi connectivity index (χ1) is 15.6. The number of rotatable bonds is 9. The van der Waals surface area contributed by atoms with Crippen molar-refractivity contribution in [1.82, 2.24) is 24.4 Å². The molecule has 2 N–H and O–H groups in total. The molecular weight excluding hydrogens is 440 g/mol. The van der Waals surface area contributed by atoms with Crippen LogP contribution in [-0.4, -0.2) is 53.5 Å². The summed E-state index contributed by atoms with van der Waals surface area (Å²) in [5.41, 5.74) is 2.67. The van der Waals surface area contributed by atoms with Gasteiger partial charge in [0.2, 0.25) is 10.0 Å². The molecule has 10 heteroatoms. The van der Waals surface area contributed by atoms with Gasteiger partial charge >= 0.3 is 0 Å². The Hall–Kier alpha value is -2.98. The minimum absolute atomic E-state index is 0.137. The van der Waals surface area contributed by atoms with Crippen LogP contribution in [0.3, 0.4) is 0 Å². The van der Waals surface area contributed by atoms with Gasteiger partial charge in [0, 0.05) is 39.4 Å². The van der Waals surface area contributed by atoms with Crippen LogP contribution in [0.15, 0.2) is 41.6 Å². The quantitative estimate of drug-likeness (QED) is 0.495. The van der Waals surface area contributed by atoms with Crippen molar-refractivity contribution in [3.8, 4) is 0 Å². The number of hydrogen-bond donors (Lipinski definition) is 2. The molecule has 0 unspecified atom stereocenters. The van der Waals surface area contributed by atoms with Crippen molar-refractivity contribution < 1.29 is 13.2 Å². The summed E-state index contributed by atoms with van der Waals surface area (Å²) in [4.78, 5) is 17.8. The van der Waals surface area contributed by atoms with E-state index in [0.717, 1.165) is 16.6 Å². The van der Waals surface area contributed by atoms with E-state index in [-0.39, 0.29) is 23.4 Å². The summed E-state index contributed by atoms with van der Waals surface area (Å²) in [7, 11) is -0.511. The highest BCUT2D eigenvalue weighted by molar-refractivity contribution is 7.89. The lowest BCUT2D eigenvalue weighted by molar-refractivity contribution is 0.0951. The second-order valence-electron chi connectivity index (χ2n) is 8.54. The van der Waals surface area contributed by atoms with Gasteiger partial charge in [0.15, 0.2) is 5.65 Å². The molecule has 1 aromatic carbocycles. The van der Waals surface area contributed by atoms with Gasteiger partial charge < -0.3 is 10.6 Å². The van der Waals surface area contributed by atoms with Crippen molar-refractivity contribution >= 4 is 32.7 Å². The number of nitrogens with one attached hydrogen (secondary N) is 2. The molecule has 2 aromatic heterocycles. The lowest BCUT2D eigenvalue weighted by atomic mass is 10.0. The molecule has 1 atom stereocenters. The molecule has 3 rings (SSSR count). The summed E-state index contributed by atoms with van der Waals surface area (Å²) in [6.07, 6.45) is 3.32. The molecule has 9 nitrogen and oxygen atoms in total. The number of carbonyl (C=O) groups is 1. The normalized spacial score (nSPS) is 13.0. The van der Waals surface area contributed by atoms with Crippen LogP contribution in [0.25, 0.3) is 11.0 Å². The van der Waals surface area contributed by atoms with Crippen molar-refractivity contribution in [2.75, 3.05) is 19.4 Å². The first kappa shape index (κ1) is 24.7. The first-order valence-corrected chi connectivity index (χ1v) is 12.4. The molecule has 0 aliphatic carbocycles. The van der Waals surface area contributed by atoms with Crippen LogP contribution in [0.2, 0.25) is 0 Å². The number of aryl methyl sites for hydroxylation is 1. The van der Waals surface area contributed by atoms with Crippen molar-refractivity contribution in [3.63, 3.8) is 0 Å². The van der Waals surface area contributed by atoms with Crippen LogP contribution in [-0.2, 0) is 23.1 Å². The van der Waals surface area contributed by atoms with Gasteiger partial charge in [-0.1, -0.05) is 26.0 Å². The average Bonchev–Trinajstić information content (AvgIpc) is 3.21. The van der Waals surface area contributed by atoms with E-state index in [1.807, 2.05) is 6.92 Å². The number of hydrogen-bond acceptors (Lipinski definition) is 6. The average molecular weight is 473 g/mol. The van der Waals surface area contributed by atoms with E-state index in [4.69, 9.17) is 0 Å². The topological polar surface area (TPSA) is 109 Å². The maximum absolute atomic E-state index is 13.1.